The Morgan fingerprint density at radius 3 is 1.40 bits per heavy atom. The second-order valence-electron chi connectivity index (χ2n) is 5.89. The summed E-state index contributed by atoms with van der Waals surface area (Å²) < 4.78 is 28.8. The van der Waals surface area contributed by atoms with Crippen molar-refractivity contribution in [3.8, 4) is 0 Å². The molecule has 2 nitrogen and oxygen atoms in total. The van der Waals surface area contributed by atoms with Gasteiger partial charge in [0.15, 0.2) is 0 Å². The number of sulfone groups is 1. The van der Waals surface area contributed by atoms with Crippen LogP contribution >= 0.6 is 0 Å². The third kappa shape index (κ3) is 6.27. The van der Waals surface area contributed by atoms with Crippen LogP contribution in [0.2, 0.25) is 0 Å². The van der Waals surface area contributed by atoms with Gasteiger partial charge in [0.25, 0.3) is 0 Å². The van der Waals surface area contributed by atoms with E-state index < -0.39 is 9.84 Å². The van der Waals surface area contributed by atoms with E-state index >= 15 is 0 Å². The molecule has 0 amide bonds. The summed E-state index contributed by atoms with van der Waals surface area (Å²) in [6.07, 6.45) is 3.36. The Balaban J connectivity index is 2.24. The molecule has 136 valence electrons. The number of hydrogen-bond donors (Lipinski definition) is 0. The zero-order chi connectivity index (χ0) is 18.1. The Morgan fingerprint density at radius 2 is 1.08 bits per heavy atom. The first-order valence-electron chi connectivity index (χ1n) is 8.74. The van der Waals surface area contributed by atoms with Gasteiger partial charge in [0.2, 0.25) is 0 Å². The van der Waals surface area contributed by atoms with Gasteiger partial charge in [0.1, 0.15) is 0 Å². The van der Waals surface area contributed by atoms with Crippen molar-refractivity contribution in [1.29, 1.82) is 0 Å². The fourth-order valence-corrected chi connectivity index (χ4v) is 13.9. The van der Waals surface area contributed by atoms with Crippen molar-refractivity contribution in [3.63, 3.8) is 0 Å². The van der Waals surface area contributed by atoms with Gasteiger partial charge in [-0.1, -0.05) is 0 Å². The maximum absolute atomic E-state index is 13.5. The van der Waals surface area contributed by atoms with Gasteiger partial charge in [0.05, 0.1) is 0 Å². The van der Waals surface area contributed by atoms with E-state index in [1.165, 1.54) is 8.92 Å². The van der Waals surface area contributed by atoms with Crippen LogP contribution in [0.15, 0.2) is 60.7 Å². The molecule has 0 N–H and O–H groups in total. The fraction of sp³-hybridized carbons (Fsp3) is 0.400. The molecule has 25 heavy (non-hydrogen) atoms. The molecular formula is C20H26O2SSe2. The molecule has 0 fully saturated rings. The van der Waals surface area contributed by atoms with Crippen LogP contribution in [0, 0.1) is 0 Å². The van der Waals surface area contributed by atoms with Crippen molar-refractivity contribution in [1.82, 2.24) is 0 Å². The monoisotopic (exact) mass is 490 g/mol. The third-order valence-electron chi connectivity index (χ3n) is 3.80. The van der Waals surface area contributed by atoms with Crippen LogP contribution in [-0.4, -0.2) is 46.6 Å². The molecule has 0 bridgehead atoms. The zero-order valence-corrected chi connectivity index (χ0v) is 19.0. The van der Waals surface area contributed by atoms with Gasteiger partial charge in [-0.15, -0.1) is 0 Å². The molecule has 0 saturated carbocycles. The van der Waals surface area contributed by atoms with E-state index in [9.17, 15) is 8.42 Å². The standard InChI is InChI=1S/C20H26O2SSe2/c1-3-11-19(24-17-13-7-5-8-14-17)23(21,22)20(12-4-2)25-18-15-9-6-10-16-18/h5-10,13-16,19-20H,3-4,11-12H2,1-2H3. The zero-order valence-electron chi connectivity index (χ0n) is 14.8. The molecule has 2 aromatic rings. The molecule has 0 saturated heterocycles. The summed E-state index contributed by atoms with van der Waals surface area (Å²) in [6, 6.07) is 20.3. The molecule has 0 aliphatic heterocycles. The fourth-order valence-electron chi connectivity index (χ4n) is 2.52. The Bertz CT molecular complexity index is 660. The molecule has 0 aliphatic carbocycles. The van der Waals surface area contributed by atoms with Gasteiger partial charge in [-0.25, -0.2) is 0 Å². The van der Waals surface area contributed by atoms with Crippen molar-refractivity contribution in [2.24, 2.45) is 0 Å². The van der Waals surface area contributed by atoms with Crippen LogP contribution < -0.4 is 8.92 Å². The van der Waals surface area contributed by atoms with Crippen LogP contribution in [0.5, 0.6) is 0 Å². The number of hydrogen-bond acceptors (Lipinski definition) is 2. The third-order valence-corrected chi connectivity index (χ3v) is 14.5. The molecule has 0 aliphatic rings. The Hall–Kier alpha value is -0.571. The van der Waals surface area contributed by atoms with E-state index in [0.717, 1.165) is 25.7 Å². The van der Waals surface area contributed by atoms with Crippen molar-refractivity contribution < 1.29 is 8.42 Å². The number of rotatable bonds is 10. The van der Waals surface area contributed by atoms with Crippen LogP contribution in [0.4, 0.5) is 0 Å². The van der Waals surface area contributed by atoms with Gasteiger partial charge in [0, 0.05) is 0 Å². The van der Waals surface area contributed by atoms with Gasteiger partial charge in [-0.2, -0.15) is 0 Å². The molecule has 2 rings (SSSR count). The van der Waals surface area contributed by atoms with Gasteiger partial charge < -0.3 is 0 Å². The second kappa shape index (κ2) is 10.5. The van der Waals surface area contributed by atoms with E-state index in [2.05, 4.69) is 38.1 Å². The second-order valence-corrected chi connectivity index (χ2v) is 14.9. The summed E-state index contributed by atoms with van der Waals surface area (Å²) in [4.78, 5) is 0. The average Bonchev–Trinajstić information content (AvgIpc) is 2.63. The predicted octanol–water partition coefficient (Wildman–Crippen LogP) is 2.71. The molecule has 0 spiro atoms. The summed E-state index contributed by atoms with van der Waals surface area (Å²) >= 11 is -0.0657. The van der Waals surface area contributed by atoms with Crippen molar-refractivity contribution in [2.45, 2.75) is 47.8 Å². The van der Waals surface area contributed by atoms with E-state index in [0.29, 0.717) is 0 Å². The van der Waals surface area contributed by atoms with Crippen LogP contribution in [0.25, 0.3) is 0 Å². The quantitative estimate of drug-likeness (QED) is 0.483. The Kier molecular flexibility index (Phi) is 8.75. The minimum absolute atomic E-state index is 0.0329. The van der Waals surface area contributed by atoms with E-state index in [4.69, 9.17) is 0 Å². The molecule has 0 radical (unpaired) electrons. The average molecular weight is 488 g/mol. The van der Waals surface area contributed by atoms with Crippen molar-refractivity contribution in [3.05, 3.63) is 60.7 Å². The first-order valence-corrected chi connectivity index (χ1v) is 14.0. The molecular weight excluding hydrogens is 462 g/mol. The van der Waals surface area contributed by atoms with E-state index in [1.807, 2.05) is 36.4 Å². The van der Waals surface area contributed by atoms with Gasteiger partial charge in [-0.3, -0.25) is 0 Å². The molecule has 2 unspecified atom stereocenters. The summed E-state index contributed by atoms with van der Waals surface area (Å²) in [5, 5.41) is 0. The number of benzene rings is 2. The Labute approximate surface area is 165 Å². The molecule has 2 atom stereocenters. The summed E-state index contributed by atoms with van der Waals surface area (Å²) in [6.45, 7) is 4.17. The van der Waals surface area contributed by atoms with Crippen molar-refractivity contribution >= 4 is 48.7 Å². The predicted molar refractivity (Wildman–Crippen MR) is 110 cm³/mol. The van der Waals surface area contributed by atoms with Gasteiger partial charge in [-0.05, 0) is 0 Å². The molecule has 5 heteroatoms. The summed E-state index contributed by atoms with van der Waals surface area (Å²) in [7, 11) is -3.13. The van der Waals surface area contributed by atoms with Crippen molar-refractivity contribution in [2.75, 3.05) is 0 Å². The Morgan fingerprint density at radius 1 is 0.720 bits per heavy atom. The van der Waals surface area contributed by atoms with E-state index in [-0.39, 0.29) is 38.2 Å². The van der Waals surface area contributed by atoms with Gasteiger partial charge >= 0.3 is 166 Å². The molecule has 2 aromatic carbocycles. The summed E-state index contributed by atoms with van der Waals surface area (Å²) in [5.41, 5.74) is 0. The van der Waals surface area contributed by atoms with Crippen LogP contribution in [0.1, 0.15) is 39.5 Å². The first kappa shape index (κ1) is 20.7. The maximum atomic E-state index is 13.5. The van der Waals surface area contributed by atoms with Crippen LogP contribution in [0.3, 0.4) is 0 Å². The topological polar surface area (TPSA) is 34.1 Å². The molecule has 0 heterocycles. The minimum atomic E-state index is -3.13. The summed E-state index contributed by atoms with van der Waals surface area (Å²) in [5.74, 6) is 0. The van der Waals surface area contributed by atoms with E-state index in [1.54, 1.807) is 0 Å². The SMILES string of the molecule is CCCC([Se]c1ccccc1)S(=O)(=O)C(CCC)[Se]c1ccccc1. The molecule has 0 aromatic heterocycles. The van der Waals surface area contributed by atoms with Crippen LogP contribution in [-0.2, 0) is 9.84 Å². The first-order chi connectivity index (χ1) is 12.1. The normalized spacial score (nSPS) is 14.2.